The van der Waals surface area contributed by atoms with E-state index in [2.05, 4.69) is 104 Å². The summed E-state index contributed by atoms with van der Waals surface area (Å²) in [5, 5.41) is 8.92. The number of benzene rings is 4. The van der Waals surface area contributed by atoms with Crippen molar-refractivity contribution in [1.29, 1.82) is 0 Å². The molecule has 0 saturated heterocycles. The van der Waals surface area contributed by atoms with Crippen LogP contribution >= 0.6 is 0 Å². The third kappa shape index (κ3) is 3.29. The van der Waals surface area contributed by atoms with Crippen LogP contribution in [0, 0.1) is 0 Å². The van der Waals surface area contributed by atoms with E-state index in [1.807, 2.05) is 0 Å². The maximum absolute atomic E-state index is 3.74. The molecule has 0 unspecified atom stereocenters. The molecule has 0 spiro atoms. The molecule has 0 heterocycles. The fourth-order valence-corrected chi connectivity index (χ4v) is 3.52. The molecule has 0 radical (unpaired) electrons. The van der Waals surface area contributed by atoms with Crippen LogP contribution in [-0.2, 0) is 0 Å². The summed E-state index contributed by atoms with van der Waals surface area (Å²) in [6.07, 6.45) is 0. The van der Waals surface area contributed by atoms with Crippen molar-refractivity contribution in [2.45, 2.75) is 25.9 Å². The molecule has 0 saturated carbocycles. The van der Waals surface area contributed by atoms with Gasteiger partial charge in [-0.1, -0.05) is 72.8 Å². The van der Waals surface area contributed by atoms with E-state index in [-0.39, 0.29) is 0 Å². The van der Waals surface area contributed by atoms with Crippen LogP contribution in [-0.4, -0.2) is 0 Å². The zero-order valence-corrected chi connectivity index (χ0v) is 14.7. The molecule has 1 nitrogen and oxygen atoms in total. The predicted octanol–water partition coefficient (Wildman–Crippen LogP) is 6.40. The second kappa shape index (κ2) is 6.70. The van der Waals surface area contributed by atoms with E-state index in [4.69, 9.17) is 0 Å². The lowest BCUT2D eigenvalue weighted by atomic mass is 9.99. The standard InChI is InChI=1S/C24H23N/c1-17(21-13-11-19-7-3-5-9-23(19)15-21)25-18(2)22-14-12-20-8-4-6-10-24(20)16-22/h3-18,25H,1-2H3/t17-,18-/m0/s1. The molecule has 2 atom stereocenters. The third-order valence-electron chi connectivity index (χ3n) is 5.05. The summed E-state index contributed by atoms with van der Waals surface area (Å²) in [7, 11) is 0. The van der Waals surface area contributed by atoms with Crippen molar-refractivity contribution < 1.29 is 0 Å². The van der Waals surface area contributed by atoms with E-state index in [9.17, 15) is 0 Å². The number of hydrogen-bond donors (Lipinski definition) is 1. The minimum Gasteiger partial charge on any atom is -0.304 e. The Bertz CT molecular complexity index is 935. The molecule has 25 heavy (non-hydrogen) atoms. The highest BCUT2D eigenvalue weighted by Crippen LogP contribution is 2.25. The molecule has 1 N–H and O–H groups in total. The normalized spacial score (nSPS) is 13.8. The van der Waals surface area contributed by atoms with E-state index in [0.29, 0.717) is 12.1 Å². The van der Waals surface area contributed by atoms with E-state index in [1.165, 1.54) is 32.7 Å². The lowest BCUT2D eigenvalue weighted by molar-refractivity contribution is 0.495. The van der Waals surface area contributed by atoms with Crippen LogP contribution in [0.3, 0.4) is 0 Å². The van der Waals surface area contributed by atoms with Gasteiger partial charge >= 0.3 is 0 Å². The SMILES string of the molecule is C[C@H](N[C@@H](C)c1ccc2ccccc2c1)c1ccc2ccccc2c1. The molecule has 0 fully saturated rings. The van der Waals surface area contributed by atoms with Crippen LogP contribution in [0.15, 0.2) is 84.9 Å². The van der Waals surface area contributed by atoms with Crippen LogP contribution in [0.5, 0.6) is 0 Å². The Kier molecular flexibility index (Phi) is 4.25. The summed E-state index contributed by atoms with van der Waals surface area (Å²) in [5.41, 5.74) is 2.65. The maximum Gasteiger partial charge on any atom is 0.0297 e. The van der Waals surface area contributed by atoms with Crippen molar-refractivity contribution in [1.82, 2.24) is 5.32 Å². The minimum atomic E-state index is 0.297. The number of rotatable bonds is 4. The summed E-state index contributed by atoms with van der Waals surface area (Å²) in [5.74, 6) is 0. The number of nitrogens with one attached hydrogen (secondary N) is 1. The first-order valence-corrected chi connectivity index (χ1v) is 8.94. The highest BCUT2D eigenvalue weighted by molar-refractivity contribution is 5.83. The summed E-state index contributed by atoms with van der Waals surface area (Å²) in [4.78, 5) is 0. The van der Waals surface area contributed by atoms with Crippen molar-refractivity contribution in [3.63, 3.8) is 0 Å². The molecule has 124 valence electrons. The first-order valence-electron chi connectivity index (χ1n) is 8.94. The molecule has 0 amide bonds. The Morgan fingerprint density at radius 2 is 0.920 bits per heavy atom. The second-order valence-electron chi connectivity index (χ2n) is 6.82. The van der Waals surface area contributed by atoms with Crippen molar-refractivity contribution >= 4 is 21.5 Å². The van der Waals surface area contributed by atoms with Crippen LogP contribution in [0.25, 0.3) is 21.5 Å². The van der Waals surface area contributed by atoms with Crippen LogP contribution < -0.4 is 5.32 Å². The van der Waals surface area contributed by atoms with Crippen molar-refractivity contribution in [3.8, 4) is 0 Å². The summed E-state index contributed by atoms with van der Waals surface area (Å²) < 4.78 is 0. The highest BCUT2D eigenvalue weighted by atomic mass is 14.9. The first-order chi connectivity index (χ1) is 12.2. The number of fused-ring (bicyclic) bond motifs is 2. The van der Waals surface area contributed by atoms with Gasteiger partial charge in [-0.2, -0.15) is 0 Å². The average molecular weight is 325 g/mol. The van der Waals surface area contributed by atoms with Gasteiger partial charge < -0.3 is 5.32 Å². The summed E-state index contributed by atoms with van der Waals surface area (Å²) in [6, 6.07) is 31.1. The van der Waals surface area contributed by atoms with Crippen LogP contribution in [0.1, 0.15) is 37.1 Å². The number of hydrogen-bond acceptors (Lipinski definition) is 1. The Balaban J connectivity index is 1.56. The smallest absolute Gasteiger partial charge is 0.0297 e. The van der Waals surface area contributed by atoms with Gasteiger partial charge in [0, 0.05) is 12.1 Å². The van der Waals surface area contributed by atoms with Gasteiger partial charge in [-0.05, 0) is 58.7 Å². The van der Waals surface area contributed by atoms with Crippen molar-refractivity contribution in [2.24, 2.45) is 0 Å². The molecule has 0 aliphatic carbocycles. The Hall–Kier alpha value is -2.64. The van der Waals surface area contributed by atoms with E-state index in [1.54, 1.807) is 0 Å². The summed E-state index contributed by atoms with van der Waals surface area (Å²) >= 11 is 0. The lowest BCUT2D eigenvalue weighted by Crippen LogP contribution is -2.22. The monoisotopic (exact) mass is 325 g/mol. The predicted molar refractivity (Wildman–Crippen MR) is 108 cm³/mol. The molecule has 4 aromatic rings. The molecular formula is C24H23N. The van der Waals surface area contributed by atoms with Crippen molar-refractivity contribution in [2.75, 3.05) is 0 Å². The first kappa shape index (κ1) is 15.9. The fourth-order valence-electron chi connectivity index (χ4n) is 3.52. The van der Waals surface area contributed by atoms with Gasteiger partial charge in [0.1, 0.15) is 0 Å². The van der Waals surface area contributed by atoms with Gasteiger partial charge in [0.05, 0.1) is 0 Å². The van der Waals surface area contributed by atoms with Crippen LogP contribution in [0.4, 0.5) is 0 Å². The highest BCUT2D eigenvalue weighted by Gasteiger charge is 2.12. The van der Waals surface area contributed by atoms with Gasteiger partial charge in [0.25, 0.3) is 0 Å². The molecule has 0 aromatic heterocycles. The van der Waals surface area contributed by atoms with Crippen molar-refractivity contribution in [3.05, 3.63) is 96.1 Å². The van der Waals surface area contributed by atoms with Gasteiger partial charge in [-0.15, -0.1) is 0 Å². The summed E-state index contributed by atoms with van der Waals surface area (Å²) in [6.45, 7) is 4.48. The van der Waals surface area contributed by atoms with Gasteiger partial charge in [-0.25, -0.2) is 0 Å². The van der Waals surface area contributed by atoms with Gasteiger partial charge in [0.15, 0.2) is 0 Å². The maximum atomic E-state index is 3.74. The molecule has 0 aliphatic heterocycles. The van der Waals surface area contributed by atoms with Gasteiger partial charge in [-0.3, -0.25) is 0 Å². The largest absolute Gasteiger partial charge is 0.304 e. The lowest BCUT2D eigenvalue weighted by Gasteiger charge is -2.21. The van der Waals surface area contributed by atoms with E-state index in [0.717, 1.165) is 0 Å². The Morgan fingerprint density at radius 1 is 0.520 bits per heavy atom. The zero-order chi connectivity index (χ0) is 17.2. The minimum absolute atomic E-state index is 0.297. The topological polar surface area (TPSA) is 12.0 Å². The van der Waals surface area contributed by atoms with E-state index >= 15 is 0 Å². The van der Waals surface area contributed by atoms with Gasteiger partial charge in [0.2, 0.25) is 0 Å². The molecule has 0 bridgehead atoms. The molecule has 0 aliphatic rings. The molecule has 1 heteroatoms. The Morgan fingerprint density at radius 3 is 1.36 bits per heavy atom. The Labute approximate surface area is 149 Å². The van der Waals surface area contributed by atoms with Crippen LogP contribution in [0.2, 0.25) is 0 Å². The average Bonchev–Trinajstić information content (AvgIpc) is 2.67. The zero-order valence-electron chi connectivity index (χ0n) is 14.7. The third-order valence-corrected chi connectivity index (χ3v) is 5.05. The second-order valence-corrected chi connectivity index (χ2v) is 6.82. The molecular weight excluding hydrogens is 302 g/mol. The quantitative estimate of drug-likeness (QED) is 0.457. The molecule has 4 rings (SSSR count). The van der Waals surface area contributed by atoms with E-state index < -0.39 is 0 Å². The fraction of sp³-hybridized carbons (Fsp3) is 0.167. The molecule has 4 aromatic carbocycles.